The summed E-state index contributed by atoms with van der Waals surface area (Å²) < 4.78 is 0. The summed E-state index contributed by atoms with van der Waals surface area (Å²) in [6.45, 7) is 0.555. The number of aromatic carboxylic acids is 1. The Hall–Kier alpha value is -1.55. The second-order valence-corrected chi connectivity index (χ2v) is 4.76. The summed E-state index contributed by atoms with van der Waals surface area (Å²) in [5.74, 6) is -1.07. The second-order valence-electron chi connectivity index (χ2n) is 4.32. The van der Waals surface area contributed by atoms with Gasteiger partial charge in [-0.2, -0.15) is 0 Å². The standard InChI is InChI=1S/C13H14ClNO3/c14-9-5-6-10(13(17)18)11(8-9)15-7-3-1-2-4-12(15)16/h5-6,8H,1-4,7H2,(H,17,18). The van der Waals surface area contributed by atoms with E-state index < -0.39 is 5.97 Å². The van der Waals surface area contributed by atoms with E-state index in [1.165, 1.54) is 12.1 Å². The van der Waals surface area contributed by atoms with Gasteiger partial charge < -0.3 is 10.0 Å². The van der Waals surface area contributed by atoms with E-state index in [4.69, 9.17) is 16.7 Å². The molecule has 1 N–H and O–H groups in total. The Morgan fingerprint density at radius 1 is 1.28 bits per heavy atom. The van der Waals surface area contributed by atoms with Crippen LogP contribution in [0.25, 0.3) is 0 Å². The molecule has 0 unspecified atom stereocenters. The fourth-order valence-electron chi connectivity index (χ4n) is 2.15. The van der Waals surface area contributed by atoms with Crippen molar-refractivity contribution in [2.75, 3.05) is 11.4 Å². The number of carboxylic acids is 1. The Kier molecular flexibility index (Phi) is 3.87. The van der Waals surface area contributed by atoms with Crippen LogP contribution in [0.15, 0.2) is 18.2 Å². The number of halogens is 1. The smallest absolute Gasteiger partial charge is 0.337 e. The fraction of sp³-hybridized carbons (Fsp3) is 0.385. The van der Waals surface area contributed by atoms with Crippen LogP contribution in [0.5, 0.6) is 0 Å². The van der Waals surface area contributed by atoms with Gasteiger partial charge in [-0.05, 0) is 31.0 Å². The van der Waals surface area contributed by atoms with Crippen LogP contribution in [0.1, 0.15) is 36.0 Å². The lowest BCUT2D eigenvalue weighted by molar-refractivity contribution is -0.118. The van der Waals surface area contributed by atoms with Gasteiger partial charge in [0.1, 0.15) is 0 Å². The van der Waals surface area contributed by atoms with Crippen molar-refractivity contribution in [3.8, 4) is 0 Å². The number of carbonyl (C=O) groups is 2. The number of amides is 1. The number of carbonyl (C=O) groups excluding carboxylic acids is 1. The highest BCUT2D eigenvalue weighted by atomic mass is 35.5. The third-order valence-electron chi connectivity index (χ3n) is 3.05. The average molecular weight is 268 g/mol. The molecule has 5 heteroatoms. The molecule has 1 saturated heterocycles. The van der Waals surface area contributed by atoms with Gasteiger partial charge in [0.05, 0.1) is 11.3 Å². The molecule has 1 heterocycles. The molecule has 0 saturated carbocycles. The van der Waals surface area contributed by atoms with Crippen LogP contribution in [0.3, 0.4) is 0 Å². The van der Waals surface area contributed by atoms with E-state index in [0.717, 1.165) is 19.3 Å². The van der Waals surface area contributed by atoms with E-state index in [0.29, 0.717) is 23.7 Å². The monoisotopic (exact) mass is 267 g/mol. The van der Waals surface area contributed by atoms with Gasteiger partial charge in [0.25, 0.3) is 0 Å². The molecule has 96 valence electrons. The van der Waals surface area contributed by atoms with Gasteiger partial charge in [0.2, 0.25) is 5.91 Å². The van der Waals surface area contributed by atoms with Crippen molar-refractivity contribution in [3.63, 3.8) is 0 Å². The molecule has 2 rings (SSSR count). The molecule has 0 atom stereocenters. The van der Waals surface area contributed by atoms with Crippen LogP contribution >= 0.6 is 11.6 Å². The topological polar surface area (TPSA) is 57.6 Å². The van der Waals surface area contributed by atoms with Crippen LogP contribution < -0.4 is 4.90 Å². The number of carboxylic acid groups (broad SMARTS) is 1. The van der Waals surface area contributed by atoms with Gasteiger partial charge in [-0.1, -0.05) is 18.0 Å². The summed E-state index contributed by atoms with van der Waals surface area (Å²) in [7, 11) is 0. The lowest BCUT2D eigenvalue weighted by Crippen LogP contribution is -2.31. The largest absolute Gasteiger partial charge is 0.478 e. The van der Waals surface area contributed by atoms with E-state index in [-0.39, 0.29) is 11.5 Å². The third-order valence-corrected chi connectivity index (χ3v) is 3.29. The average Bonchev–Trinajstić information content (AvgIpc) is 2.53. The number of anilines is 1. The SMILES string of the molecule is O=C(O)c1ccc(Cl)cc1N1CCCCCC1=O. The molecule has 0 aliphatic carbocycles. The Labute approximate surface area is 110 Å². The Balaban J connectivity index is 2.44. The molecule has 0 spiro atoms. The molecule has 18 heavy (non-hydrogen) atoms. The summed E-state index contributed by atoms with van der Waals surface area (Å²) >= 11 is 5.90. The van der Waals surface area contributed by atoms with Gasteiger partial charge in [0, 0.05) is 18.0 Å². The summed E-state index contributed by atoms with van der Waals surface area (Å²) in [6.07, 6.45) is 3.20. The van der Waals surface area contributed by atoms with Crippen LogP contribution in [0, 0.1) is 0 Å². The number of rotatable bonds is 2. The molecule has 1 fully saturated rings. The van der Waals surface area contributed by atoms with E-state index >= 15 is 0 Å². The molecule has 4 nitrogen and oxygen atoms in total. The van der Waals surface area contributed by atoms with Gasteiger partial charge in [-0.25, -0.2) is 4.79 Å². The quantitative estimate of drug-likeness (QED) is 0.896. The van der Waals surface area contributed by atoms with Crippen molar-refractivity contribution in [1.82, 2.24) is 0 Å². The number of nitrogens with zero attached hydrogens (tertiary/aromatic N) is 1. The summed E-state index contributed by atoms with van der Waals surface area (Å²) in [4.78, 5) is 24.7. The summed E-state index contributed by atoms with van der Waals surface area (Å²) in [6, 6.07) is 4.52. The predicted octanol–water partition coefficient (Wildman–Crippen LogP) is 2.95. The maximum atomic E-state index is 12.0. The molecular formula is C13H14ClNO3. The van der Waals surface area contributed by atoms with Crippen molar-refractivity contribution >= 4 is 29.2 Å². The van der Waals surface area contributed by atoms with Gasteiger partial charge in [0.15, 0.2) is 0 Å². The first-order valence-corrected chi connectivity index (χ1v) is 6.30. The Morgan fingerprint density at radius 2 is 2.06 bits per heavy atom. The maximum absolute atomic E-state index is 12.0. The van der Waals surface area contributed by atoms with Crippen molar-refractivity contribution in [2.45, 2.75) is 25.7 Å². The highest BCUT2D eigenvalue weighted by Crippen LogP contribution is 2.27. The van der Waals surface area contributed by atoms with Crippen LogP contribution in [-0.4, -0.2) is 23.5 Å². The highest BCUT2D eigenvalue weighted by Gasteiger charge is 2.23. The van der Waals surface area contributed by atoms with E-state index in [2.05, 4.69) is 0 Å². The van der Waals surface area contributed by atoms with Gasteiger partial charge in [-0.15, -0.1) is 0 Å². The third kappa shape index (κ3) is 2.64. The molecule has 1 aromatic rings. The van der Waals surface area contributed by atoms with Crippen molar-refractivity contribution in [1.29, 1.82) is 0 Å². The van der Waals surface area contributed by atoms with Crippen molar-refractivity contribution < 1.29 is 14.7 Å². The van der Waals surface area contributed by atoms with E-state index in [9.17, 15) is 9.59 Å². The lowest BCUT2D eigenvalue weighted by atomic mass is 10.1. The molecule has 1 aromatic carbocycles. The second kappa shape index (κ2) is 5.40. The molecule has 1 aliphatic rings. The Morgan fingerprint density at radius 3 is 2.78 bits per heavy atom. The minimum Gasteiger partial charge on any atom is -0.478 e. The Bertz CT molecular complexity index is 487. The van der Waals surface area contributed by atoms with E-state index in [1.54, 1.807) is 11.0 Å². The van der Waals surface area contributed by atoms with Crippen molar-refractivity contribution in [2.24, 2.45) is 0 Å². The summed E-state index contributed by atoms with van der Waals surface area (Å²) in [5, 5.41) is 9.60. The van der Waals surface area contributed by atoms with Gasteiger partial charge in [-0.3, -0.25) is 4.79 Å². The highest BCUT2D eigenvalue weighted by molar-refractivity contribution is 6.31. The van der Waals surface area contributed by atoms with Crippen LogP contribution in [0.4, 0.5) is 5.69 Å². The van der Waals surface area contributed by atoms with Crippen LogP contribution in [-0.2, 0) is 4.79 Å². The first-order chi connectivity index (χ1) is 8.59. The van der Waals surface area contributed by atoms with Crippen molar-refractivity contribution in [3.05, 3.63) is 28.8 Å². The van der Waals surface area contributed by atoms with E-state index in [1.807, 2.05) is 0 Å². The summed E-state index contributed by atoms with van der Waals surface area (Å²) in [5.41, 5.74) is 0.525. The number of hydrogen-bond acceptors (Lipinski definition) is 2. The molecule has 0 radical (unpaired) electrons. The number of benzene rings is 1. The van der Waals surface area contributed by atoms with Crippen LogP contribution in [0.2, 0.25) is 5.02 Å². The maximum Gasteiger partial charge on any atom is 0.337 e. The molecule has 0 aromatic heterocycles. The predicted molar refractivity (Wildman–Crippen MR) is 69.2 cm³/mol. The first kappa shape index (κ1) is 12.9. The molecule has 1 aliphatic heterocycles. The minimum atomic E-state index is -1.04. The normalized spacial score (nSPS) is 16.5. The first-order valence-electron chi connectivity index (χ1n) is 5.93. The molecular weight excluding hydrogens is 254 g/mol. The lowest BCUT2D eigenvalue weighted by Gasteiger charge is -2.22. The minimum absolute atomic E-state index is 0.0303. The van der Waals surface area contributed by atoms with Gasteiger partial charge >= 0.3 is 5.97 Å². The number of hydrogen-bond donors (Lipinski definition) is 1. The fourth-order valence-corrected chi connectivity index (χ4v) is 2.31. The molecule has 0 bridgehead atoms. The zero-order valence-electron chi connectivity index (χ0n) is 9.86. The zero-order chi connectivity index (χ0) is 13.1. The zero-order valence-corrected chi connectivity index (χ0v) is 10.6. The molecule has 1 amide bonds.